The smallest absolute Gasteiger partial charge is 0.191 e. The van der Waals surface area contributed by atoms with Gasteiger partial charge in [-0.1, -0.05) is 12.1 Å². The van der Waals surface area contributed by atoms with Crippen molar-refractivity contribution in [3.05, 3.63) is 51.2 Å². The number of rotatable bonds is 5. The van der Waals surface area contributed by atoms with Crippen LogP contribution >= 0.6 is 11.3 Å². The van der Waals surface area contributed by atoms with E-state index in [4.69, 9.17) is 4.74 Å². The average molecular weight is 317 g/mol. The van der Waals surface area contributed by atoms with Gasteiger partial charge in [0.1, 0.15) is 5.75 Å². The molecule has 2 rings (SSSR count). The van der Waals surface area contributed by atoms with Crippen LogP contribution < -0.4 is 15.4 Å². The summed E-state index contributed by atoms with van der Waals surface area (Å²) >= 11 is 1.80. The molecule has 1 aromatic heterocycles. The first-order chi connectivity index (χ1) is 10.6. The van der Waals surface area contributed by atoms with Crippen molar-refractivity contribution in [2.75, 3.05) is 14.2 Å². The van der Waals surface area contributed by atoms with Gasteiger partial charge in [-0.15, -0.1) is 11.3 Å². The molecule has 0 fully saturated rings. The van der Waals surface area contributed by atoms with Crippen LogP contribution in [-0.4, -0.2) is 20.1 Å². The SMILES string of the molecule is CN=C(NCc1ccc(C)s1)NCc1ccc(C)cc1OC. The maximum Gasteiger partial charge on any atom is 0.191 e. The number of nitrogens with zero attached hydrogens (tertiary/aromatic N) is 1. The van der Waals surface area contributed by atoms with Gasteiger partial charge < -0.3 is 15.4 Å². The molecule has 0 saturated carbocycles. The van der Waals surface area contributed by atoms with Crippen LogP contribution in [0.3, 0.4) is 0 Å². The zero-order valence-corrected chi connectivity index (χ0v) is 14.4. The molecule has 0 amide bonds. The van der Waals surface area contributed by atoms with Crippen molar-refractivity contribution in [1.29, 1.82) is 0 Å². The Balaban J connectivity index is 1.91. The van der Waals surface area contributed by atoms with E-state index in [1.54, 1.807) is 25.5 Å². The second-order valence-corrected chi connectivity index (χ2v) is 6.48. The second kappa shape index (κ2) is 7.84. The van der Waals surface area contributed by atoms with E-state index in [9.17, 15) is 0 Å². The molecule has 0 radical (unpaired) electrons. The lowest BCUT2D eigenvalue weighted by Crippen LogP contribution is -2.36. The molecule has 118 valence electrons. The molecule has 22 heavy (non-hydrogen) atoms. The molecule has 2 aromatic rings. The molecular formula is C17H23N3OS. The maximum atomic E-state index is 5.43. The van der Waals surface area contributed by atoms with Crippen LogP contribution in [0.2, 0.25) is 0 Å². The predicted octanol–water partition coefficient (Wildman–Crippen LogP) is 3.24. The van der Waals surface area contributed by atoms with Crippen LogP contribution in [-0.2, 0) is 13.1 Å². The number of ether oxygens (including phenoxy) is 1. The highest BCUT2D eigenvalue weighted by atomic mass is 32.1. The van der Waals surface area contributed by atoms with Crippen molar-refractivity contribution in [2.45, 2.75) is 26.9 Å². The zero-order valence-electron chi connectivity index (χ0n) is 13.6. The Morgan fingerprint density at radius 2 is 1.91 bits per heavy atom. The molecular weight excluding hydrogens is 294 g/mol. The molecule has 0 unspecified atom stereocenters. The molecule has 0 bridgehead atoms. The van der Waals surface area contributed by atoms with Gasteiger partial charge >= 0.3 is 0 Å². The van der Waals surface area contributed by atoms with Crippen LogP contribution in [0.25, 0.3) is 0 Å². The second-order valence-electron chi connectivity index (χ2n) is 5.11. The quantitative estimate of drug-likeness (QED) is 0.657. The van der Waals surface area contributed by atoms with Gasteiger partial charge in [0.2, 0.25) is 0 Å². The molecule has 1 heterocycles. The summed E-state index contributed by atoms with van der Waals surface area (Å²) in [4.78, 5) is 6.88. The van der Waals surface area contributed by atoms with Crippen molar-refractivity contribution in [3.63, 3.8) is 0 Å². The number of methoxy groups -OCH3 is 1. The molecule has 0 saturated heterocycles. The van der Waals surface area contributed by atoms with Gasteiger partial charge in [-0.05, 0) is 37.6 Å². The number of hydrogen-bond donors (Lipinski definition) is 2. The van der Waals surface area contributed by atoms with E-state index in [2.05, 4.69) is 53.7 Å². The van der Waals surface area contributed by atoms with Gasteiger partial charge in [0.15, 0.2) is 5.96 Å². The Morgan fingerprint density at radius 1 is 1.14 bits per heavy atom. The minimum atomic E-state index is 0.673. The highest BCUT2D eigenvalue weighted by Gasteiger charge is 2.05. The van der Waals surface area contributed by atoms with Crippen molar-refractivity contribution in [3.8, 4) is 5.75 Å². The van der Waals surface area contributed by atoms with Gasteiger partial charge in [-0.2, -0.15) is 0 Å². The third-order valence-corrected chi connectivity index (χ3v) is 4.34. The molecule has 0 aliphatic heterocycles. The molecule has 0 aliphatic carbocycles. The van der Waals surface area contributed by atoms with Crippen LogP contribution in [0.5, 0.6) is 5.75 Å². The lowest BCUT2D eigenvalue weighted by atomic mass is 10.1. The highest BCUT2D eigenvalue weighted by molar-refractivity contribution is 7.11. The van der Waals surface area contributed by atoms with E-state index in [-0.39, 0.29) is 0 Å². The van der Waals surface area contributed by atoms with Crippen molar-refractivity contribution >= 4 is 17.3 Å². The fourth-order valence-corrected chi connectivity index (χ4v) is 2.98. The van der Waals surface area contributed by atoms with Crippen molar-refractivity contribution < 1.29 is 4.74 Å². The van der Waals surface area contributed by atoms with Gasteiger partial charge in [0.25, 0.3) is 0 Å². The molecule has 4 nitrogen and oxygen atoms in total. The summed E-state index contributed by atoms with van der Waals surface area (Å²) in [7, 11) is 3.48. The molecule has 5 heteroatoms. The summed E-state index contributed by atoms with van der Waals surface area (Å²) in [6.45, 7) is 5.63. The van der Waals surface area contributed by atoms with Crippen molar-refractivity contribution in [1.82, 2.24) is 10.6 Å². The molecule has 2 N–H and O–H groups in total. The van der Waals surface area contributed by atoms with Gasteiger partial charge in [-0.3, -0.25) is 4.99 Å². The van der Waals surface area contributed by atoms with Crippen molar-refractivity contribution in [2.24, 2.45) is 4.99 Å². The average Bonchev–Trinajstić information content (AvgIpc) is 2.94. The summed E-state index contributed by atoms with van der Waals surface area (Å²) in [5.74, 6) is 1.69. The Morgan fingerprint density at radius 3 is 2.55 bits per heavy atom. The van der Waals surface area contributed by atoms with Gasteiger partial charge in [0.05, 0.1) is 13.7 Å². The normalized spacial score (nSPS) is 11.4. The topological polar surface area (TPSA) is 45.7 Å². The largest absolute Gasteiger partial charge is 0.496 e. The van der Waals surface area contributed by atoms with Gasteiger partial charge in [-0.25, -0.2) is 0 Å². The Kier molecular flexibility index (Phi) is 5.83. The Labute approximate surface area is 136 Å². The van der Waals surface area contributed by atoms with E-state index in [0.717, 1.165) is 23.8 Å². The first-order valence-electron chi connectivity index (χ1n) is 7.25. The predicted molar refractivity (Wildman–Crippen MR) is 93.8 cm³/mol. The summed E-state index contributed by atoms with van der Waals surface area (Å²) in [5.41, 5.74) is 2.30. The number of aliphatic imine (C=N–C) groups is 1. The third-order valence-electron chi connectivity index (χ3n) is 3.34. The summed E-state index contributed by atoms with van der Waals surface area (Å²) < 4.78 is 5.43. The number of guanidine groups is 1. The summed E-state index contributed by atoms with van der Waals surface area (Å²) in [6.07, 6.45) is 0. The fourth-order valence-electron chi connectivity index (χ4n) is 2.15. The first-order valence-corrected chi connectivity index (χ1v) is 8.07. The van der Waals surface area contributed by atoms with E-state index in [0.29, 0.717) is 6.54 Å². The highest BCUT2D eigenvalue weighted by Crippen LogP contribution is 2.19. The number of hydrogen-bond acceptors (Lipinski definition) is 3. The first kappa shape index (κ1) is 16.4. The number of benzene rings is 1. The van der Waals surface area contributed by atoms with E-state index in [1.165, 1.54) is 15.3 Å². The maximum absolute atomic E-state index is 5.43. The number of thiophene rings is 1. The standard InChI is InChI=1S/C17H23N3OS/c1-12-5-7-14(16(9-12)21-4)10-19-17(18-3)20-11-15-8-6-13(2)22-15/h5-9H,10-11H2,1-4H3,(H2,18,19,20). The molecule has 1 aromatic carbocycles. The number of nitrogens with one attached hydrogen (secondary N) is 2. The number of aryl methyl sites for hydroxylation is 2. The van der Waals surface area contributed by atoms with Crippen LogP contribution in [0.1, 0.15) is 20.9 Å². The fraction of sp³-hybridized carbons (Fsp3) is 0.353. The minimum Gasteiger partial charge on any atom is -0.496 e. The summed E-state index contributed by atoms with van der Waals surface area (Å²) in [5, 5.41) is 6.65. The monoisotopic (exact) mass is 317 g/mol. The molecule has 0 spiro atoms. The van der Waals surface area contributed by atoms with E-state index >= 15 is 0 Å². The van der Waals surface area contributed by atoms with E-state index in [1.807, 2.05) is 6.07 Å². The van der Waals surface area contributed by atoms with Gasteiger partial charge in [0, 0.05) is 28.9 Å². The van der Waals surface area contributed by atoms with Crippen LogP contribution in [0.4, 0.5) is 0 Å². The zero-order chi connectivity index (χ0) is 15.9. The summed E-state index contributed by atoms with van der Waals surface area (Å²) in [6, 6.07) is 10.5. The lowest BCUT2D eigenvalue weighted by Gasteiger charge is -2.13. The third kappa shape index (κ3) is 4.49. The van der Waals surface area contributed by atoms with Crippen LogP contribution in [0.15, 0.2) is 35.3 Å². The Bertz CT molecular complexity index is 649. The molecule has 0 aliphatic rings. The van der Waals surface area contributed by atoms with Crippen LogP contribution in [0, 0.1) is 13.8 Å². The minimum absolute atomic E-state index is 0.673. The Hall–Kier alpha value is -2.01. The molecule has 0 atom stereocenters. The van der Waals surface area contributed by atoms with E-state index < -0.39 is 0 Å². The lowest BCUT2D eigenvalue weighted by molar-refractivity contribution is 0.408.